The number of furan rings is 1. The average molecular weight is 440 g/mol. The zero-order valence-electron chi connectivity index (χ0n) is 16.4. The van der Waals surface area contributed by atoms with Gasteiger partial charge in [0.15, 0.2) is 11.5 Å². The molecule has 8 nitrogen and oxygen atoms in total. The summed E-state index contributed by atoms with van der Waals surface area (Å²) in [4.78, 5) is 12.3. The molecule has 0 spiro atoms. The van der Waals surface area contributed by atoms with Crippen molar-refractivity contribution in [1.82, 2.24) is 4.72 Å². The minimum Gasteiger partial charge on any atom is -0.486 e. The Labute approximate surface area is 179 Å². The number of anilines is 1. The topological polar surface area (TPSA) is 107 Å². The molecule has 160 valence electrons. The molecule has 9 heteroatoms. The van der Waals surface area contributed by atoms with E-state index in [1.165, 1.54) is 24.5 Å². The lowest BCUT2D eigenvalue weighted by Gasteiger charge is -2.18. The van der Waals surface area contributed by atoms with Crippen molar-refractivity contribution in [3.8, 4) is 11.5 Å². The summed E-state index contributed by atoms with van der Waals surface area (Å²) in [6.07, 6.45) is 4.45. The van der Waals surface area contributed by atoms with Crippen molar-refractivity contribution in [3.05, 3.63) is 78.3 Å². The Morgan fingerprint density at radius 2 is 1.77 bits per heavy atom. The molecule has 3 aromatic rings. The van der Waals surface area contributed by atoms with Gasteiger partial charge in [0.05, 0.1) is 17.7 Å². The van der Waals surface area contributed by atoms with Crippen molar-refractivity contribution in [2.45, 2.75) is 11.4 Å². The Morgan fingerprint density at radius 3 is 2.52 bits per heavy atom. The number of hydrogen-bond acceptors (Lipinski definition) is 6. The maximum Gasteiger partial charge on any atom is 0.248 e. The van der Waals surface area contributed by atoms with Crippen LogP contribution in [0.25, 0.3) is 6.08 Å². The van der Waals surface area contributed by atoms with Gasteiger partial charge in [-0.1, -0.05) is 12.1 Å². The van der Waals surface area contributed by atoms with Crippen LogP contribution < -0.4 is 19.5 Å². The minimum absolute atomic E-state index is 0.0665. The van der Waals surface area contributed by atoms with E-state index in [0.717, 1.165) is 0 Å². The van der Waals surface area contributed by atoms with Gasteiger partial charge in [0.1, 0.15) is 19.0 Å². The smallest absolute Gasteiger partial charge is 0.248 e. The van der Waals surface area contributed by atoms with Gasteiger partial charge in [-0.2, -0.15) is 0 Å². The van der Waals surface area contributed by atoms with Gasteiger partial charge in [-0.15, -0.1) is 0 Å². The molecular formula is C22H20N2O6S. The predicted molar refractivity (Wildman–Crippen MR) is 114 cm³/mol. The molecule has 0 radical (unpaired) electrons. The normalized spacial score (nSPS) is 13.3. The molecule has 1 aromatic heterocycles. The highest BCUT2D eigenvalue weighted by atomic mass is 32.2. The van der Waals surface area contributed by atoms with E-state index in [9.17, 15) is 13.2 Å². The molecule has 0 saturated carbocycles. The lowest BCUT2D eigenvalue weighted by Crippen LogP contribution is -2.22. The first kappa shape index (κ1) is 20.7. The van der Waals surface area contributed by atoms with Crippen LogP contribution in [0.15, 0.2) is 76.2 Å². The van der Waals surface area contributed by atoms with E-state index in [2.05, 4.69) is 10.0 Å². The minimum atomic E-state index is -3.67. The Kier molecular flexibility index (Phi) is 6.06. The van der Waals surface area contributed by atoms with Gasteiger partial charge in [-0.05, 0) is 48.0 Å². The van der Waals surface area contributed by atoms with E-state index < -0.39 is 10.0 Å². The zero-order valence-corrected chi connectivity index (χ0v) is 17.2. The molecule has 31 heavy (non-hydrogen) atoms. The highest BCUT2D eigenvalue weighted by Crippen LogP contribution is 2.32. The third-order valence-electron chi connectivity index (χ3n) is 4.44. The number of fused-ring (bicyclic) bond motifs is 1. The number of nitrogens with one attached hydrogen (secondary N) is 2. The molecule has 1 aliphatic heterocycles. The molecule has 0 saturated heterocycles. The van der Waals surface area contributed by atoms with E-state index in [1.54, 1.807) is 48.5 Å². The second-order valence-corrected chi connectivity index (χ2v) is 8.42. The van der Waals surface area contributed by atoms with Crippen LogP contribution >= 0.6 is 0 Å². The van der Waals surface area contributed by atoms with Gasteiger partial charge in [0.2, 0.25) is 15.9 Å². The fourth-order valence-electron chi connectivity index (χ4n) is 2.90. The van der Waals surface area contributed by atoms with Crippen molar-refractivity contribution in [1.29, 1.82) is 0 Å². The Bertz CT molecular complexity index is 1190. The molecule has 0 aliphatic carbocycles. The number of hydrogen-bond donors (Lipinski definition) is 2. The molecule has 0 unspecified atom stereocenters. The van der Waals surface area contributed by atoms with E-state index in [0.29, 0.717) is 41.7 Å². The van der Waals surface area contributed by atoms with Crippen LogP contribution in [0.3, 0.4) is 0 Å². The number of sulfonamides is 1. The molecule has 1 aliphatic rings. The van der Waals surface area contributed by atoms with E-state index >= 15 is 0 Å². The summed E-state index contributed by atoms with van der Waals surface area (Å²) in [7, 11) is -3.67. The molecule has 0 fully saturated rings. The predicted octanol–water partition coefficient (Wildman–Crippen LogP) is 3.18. The summed E-state index contributed by atoms with van der Waals surface area (Å²) in [5, 5.41) is 2.75. The Morgan fingerprint density at radius 1 is 1.00 bits per heavy atom. The highest BCUT2D eigenvalue weighted by molar-refractivity contribution is 7.89. The Balaban J connectivity index is 1.35. The van der Waals surface area contributed by atoms with Gasteiger partial charge in [-0.25, -0.2) is 13.1 Å². The average Bonchev–Trinajstić information content (AvgIpc) is 3.30. The Hall–Kier alpha value is -3.56. The third-order valence-corrected chi connectivity index (χ3v) is 5.86. The van der Waals surface area contributed by atoms with Crippen LogP contribution in [-0.2, 0) is 21.4 Å². The number of carbonyl (C=O) groups is 1. The fraction of sp³-hybridized carbons (Fsp3) is 0.136. The lowest BCUT2D eigenvalue weighted by molar-refractivity contribution is -0.111. The van der Waals surface area contributed by atoms with Crippen molar-refractivity contribution in [2.75, 3.05) is 18.5 Å². The van der Waals surface area contributed by atoms with Gasteiger partial charge in [-0.3, -0.25) is 4.79 Å². The van der Waals surface area contributed by atoms with E-state index in [4.69, 9.17) is 13.9 Å². The van der Waals surface area contributed by atoms with Crippen LogP contribution in [0.2, 0.25) is 0 Å². The summed E-state index contributed by atoms with van der Waals surface area (Å²) in [5.41, 5.74) is 1.27. The molecule has 2 N–H and O–H groups in total. The molecular weight excluding hydrogens is 420 g/mol. The summed E-state index contributed by atoms with van der Waals surface area (Å²) in [5.74, 6) is 1.43. The molecule has 0 atom stereocenters. The number of benzene rings is 2. The number of rotatable bonds is 7. The van der Waals surface area contributed by atoms with Crippen LogP contribution in [0, 0.1) is 0 Å². The summed E-state index contributed by atoms with van der Waals surface area (Å²) >= 11 is 0. The van der Waals surface area contributed by atoms with Gasteiger partial charge < -0.3 is 19.2 Å². The van der Waals surface area contributed by atoms with Crippen LogP contribution in [-0.4, -0.2) is 27.5 Å². The van der Waals surface area contributed by atoms with Crippen LogP contribution in [0.4, 0.5) is 5.69 Å². The first-order valence-corrected chi connectivity index (χ1v) is 11.0. The second-order valence-electron chi connectivity index (χ2n) is 6.65. The third kappa shape index (κ3) is 5.33. The second kappa shape index (κ2) is 9.07. The van der Waals surface area contributed by atoms with Gasteiger partial charge >= 0.3 is 0 Å². The standard InChI is InChI=1S/C22H20N2O6S/c25-22(24-17-6-9-20-21(14-17)30-13-12-29-20)10-5-16-3-7-19(8-4-16)31(26,27)23-15-18-2-1-11-28-18/h1-11,14,23H,12-13,15H2,(H,24,25)/b10-5+. The SMILES string of the molecule is O=C(/C=C/c1ccc(S(=O)(=O)NCc2ccco2)cc1)Nc1ccc2c(c1)OCCO2. The van der Waals surface area contributed by atoms with E-state index in [1.807, 2.05) is 0 Å². The largest absolute Gasteiger partial charge is 0.486 e. The van der Waals surface area contributed by atoms with E-state index in [-0.39, 0.29) is 17.3 Å². The number of amides is 1. The van der Waals surface area contributed by atoms with Crippen LogP contribution in [0.1, 0.15) is 11.3 Å². The van der Waals surface area contributed by atoms with Crippen molar-refractivity contribution in [3.63, 3.8) is 0 Å². The number of ether oxygens (including phenoxy) is 2. The molecule has 4 rings (SSSR count). The quantitative estimate of drug-likeness (QED) is 0.547. The van der Waals surface area contributed by atoms with Gasteiger partial charge in [0.25, 0.3) is 0 Å². The monoisotopic (exact) mass is 440 g/mol. The lowest BCUT2D eigenvalue weighted by atomic mass is 10.2. The summed E-state index contributed by atoms with van der Waals surface area (Å²) in [6, 6.07) is 14.7. The van der Waals surface area contributed by atoms with Crippen molar-refractivity contribution >= 4 is 27.7 Å². The molecule has 2 heterocycles. The number of carbonyl (C=O) groups excluding carboxylic acids is 1. The van der Waals surface area contributed by atoms with Crippen molar-refractivity contribution in [2.24, 2.45) is 0 Å². The summed E-state index contributed by atoms with van der Waals surface area (Å²) in [6.45, 7) is 1.03. The fourth-order valence-corrected chi connectivity index (χ4v) is 3.89. The van der Waals surface area contributed by atoms with Crippen molar-refractivity contribution < 1.29 is 27.1 Å². The first-order valence-electron chi connectivity index (χ1n) is 9.50. The maximum atomic E-state index is 12.4. The molecule has 2 aromatic carbocycles. The maximum absolute atomic E-state index is 12.4. The summed E-state index contributed by atoms with van der Waals surface area (Å²) < 4.78 is 43.3. The van der Waals surface area contributed by atoms with Gasteiger partial charge in [0, 0.05) is 17.8 Å². The highest BCUT2D eigenvalue weighted by Gasteiger charge is 2.14. The zero-order chi connectivity index (χ0) is 21.7. The molecule has 1 amide bonds. The molecule has 0 bridgehead atoms. The first-order chi connectivity index (χ1) is 15.0. The van der Waals surface area contributed by atoms with Crippen LogP contribution in [0.5, 0.6) is 11.5 Å².